The van der Waals surface area contributed by atoms with Crippen molar-refractivity contribution in [3.05, 3.63) is 109 Å². The van der Waals surface area contributed by atoms with E-state index >= 15 is 0 Å². The first-order valence-corrected chi connectivity index (χ1v) is 24.5. The molecule has 1 unspecified atom stereocenters. The highest BCUT2D eigenvalue weighted by molar-refractivity contribution is 5.71. The summed E-state index contributed by atoms with van der Waals surface area (Å²) in [5.41, 5.74) is 0. The van der Waals surface area contributed by atoms with E-state index in [0.717, 1.165) is 64.2 Å². The fourth-order valence-electron chi connectivity index (χ4n) is 6.20. The molecule has 6 heteroatoms. The number of ether oxygens (including phenoxy) is 3. The number of esters is 3. The molecule has 0 saturated heterocycles. The molecule has 0 N–H and O–H groups in total. The summed E-state index contributed by atoms with van der Waals surface area (Å²) >= 11 is 0. The van der Waals surface area contributed by atoms with Crippen molar-refractivity contribution in [2.24, 2.45) is 0 Å². The van der Waals surface area contributed by atoms with Crippen LogP contribution in [-0.4, -0.2) is 37.2 Å². The van der Waals surface area contributed by atoms with E-state index in [9.17, 15) is 14.4 Å². The first-order chi connectivity index (χ1) is 30.0. The van der Waals surface area contributed by atoms with E-state index in [1.165, 1.54) is 89.9 Å². The third-order valence-corrected chi connectivity index (χ3v) is 9.91. The zero-order valence-corrected chi connectivity index (χ0v) is 39.1. The summed E-state index contributed by atoms with van der Waals surface area (Å²) in [6, 6.07) is 0. The van der Waals surface area contributed by atoms with Crippen molar-refractivity contribution in [2.45, 2.75) is 207 Å². The van der Waals surface area contributed by atoms with Crippen molar-refractivity contribution in [1.82, 2.24) is 0 Å². The smallest absolute Gasteiger partial charge is 0.306 e. The van der Waals surface area contributed by atoms with Crippen LogP contribution < -0.4 is 0 Å². The summed E-state index contributed by atoms with van der Waals surface area (Å²) in [6.07, 6.45) is 65.1. The van der Waals surface area contributed by atoms with E-state index in [1.54, 1.807) is 0 Å². The molecular formula is C55H88O6. The van der Waals surface area contributed by atoms with Gasteiger partial charge in [-0.05, 0) is 77.0 Å². The summed E-state index contributed by atoms with van der Waals surface area (Å²) in [4.78, 5) is 37.8. The molecule has 0 aromatic rings. The van der Waals surface area contributed by atoms with Crippen LogP contribution in [-0.2, 0) is 28.6 Å². The summed E-state index contributed by atoms with van der Waals surface area (Å²) in [5, 5.41) is 0. The second-order valence-electron chi connectivity index (χ2n) is 15.8. The van der Waals surface area contributed by atoms with Crippen LogP contribution in [0.5, 0.6) is 0 Å². The molecule has 0 aliphatic heterocycles. The van der Waals surface area contributed by atoms with Gasteiger partial charge in [-0.3, -0.25) is 14.4 Å². The van der Waals surface area contributed by atoms with E-state index in [1.807, 2.05) is 54.7 Å². The second-order valence-corrected chi connectivity index (χ2v) is 15.8. The van der Waals surface area contributed by atoms with E-state index in [2.05, 4.69) is 75.5 Å². The van der Waals surface area contributed by atoms with Crippen LogP contribution in [0.15, 0.2) is 109 Å². The summed E-state index contributed by atoms with van der Waals surface area (Å²) in [7, 11) is 0. The van der Waals surface area contributed by atoms with Crippen molar-refractivity contribution >= 4 is 17.9 Å². The summed E-state index contributed by atoms with van der Waals surface area (Å²) < 4.78 is 16.6. The van der Waals surface area contributed by atoms with E-state index in [-0.39, 0.29) is 31.6 Å². The van der Waals surface area contributed by atoms with Crippen LogP contribution in [0.3, 0.4) is 0 Å². The number of allylic oxidation sites excluding steroid dienone is 18. The van der Waals surface area contributed by atoms with Crippen LogP contribution in [0, 0.1) is 0 Å². The molecule has 0 saturated carbocycles. The Morgan fingerprint density at radius 2 is 0.672 bits per heavy atom. The van der Waals surface area contributed by atoms with Gasteiger partial charge in [0.05, 0.1) is 0 Å². The largest absolute Gasteiger partial charge is 0.462 e. The molecule has 0 aliphatic rings. The van der Waals surface area contributed by atoms with Crippen LogP contribution in [0.25, 0.3) is 0 Å². The molecule has 0 aromatic carbocycles. The van der Waals surface area contributed by atoms with Crippen LogP contribution >= 0.6 is 0 Å². The normalized spacial score (nSPS) is 13.0. The Bertz CT molecular complexity index is 1290. The van der Waals surface area contributed by atoms with Gasteiger partial charge in [0.25, 0.3) is 0 Å². The summed E-state index contributed by atoms with van der Waals surface area (Å²) in [6.45, 7) is 6.30. The average Bonchev–Trinajstić information content (AvgIpc) is 3.26. The standard InChI is InChI=1S/C55H88O6/c1-4-7-10-13-16-19-22-24-25-26-27-28-29-31-33-36-39-42-45-48-54(57)60-51-52(50-59-53(56)47-44-41-38-35-32-21-18-15-12-9-6-3)61-55(58)49-46-43-40-37-34-30-23-20-17-14-11-8-5-2/h8,11,14-24,30,32,34,37,40,52H,4-7,9-10,12-13,25-29,31,33,35-36,38-39,41-51H2,1-3H3/b11-8-,17-14-,18-15-,19-16-,23-20-,24-22-,32-21-,34-30-,40-37-. The molecule has 0 amide bonds. The van der Waals surface area contributed by atoms with Gasteiger partial charge < -0.3 is 14.2 Å². The number of carbonyl (C=O) groups is 3. The van der Waals surface area contributed by atoms with Gasteiger partial charge in [-0.25, -0.2) is 0 Å². The quantitative estimate of drug-likeness (QED) is 0.0264. The molecular weight excluding hydrogens is 757 g/mol. The fourth-order valence-corrected chi connectivity index (χ4v) is 6.20. The topological polar surface area (TPSA) is 78.9 Å². The maximum absolute atomic E-state index is 12.7. The highest BCUT2D eigenvalue weighted by atomic mass is 16.6. The minimum Gasteiger partial charge on any atom is -0.462 e. The molecule has 0 spiro atoms. The minimum atomic E-state index is -0.827. The molecule has 0 aromatic heterocycles. The lowest BCUT2D eigenvalue weighted by molar-refractivity contribution is -0.167. The van der Waals surface area contributed by atoms with Gasteiger partial charge in [0, 0.05) is 19.3 Å². The Labute approximate surface area is 374 Å². The van der Waals surface area contributed by atoms with Crippen LogP contribution in [0.1, 0.15) is 201 Å². The van der Waals surface area contributed by atoms with Crippen molar-refractivity contribution in [3.8, 4) is 0 Å². The van der Waals surface area contributed by atoms with Crippen molar-refractivity contribution in [1.29, 1.82) is 0 Å². The molecule has 344 valence electrons. The molecule has 0 bridgehead atoms. The zero-order valence-electron chi connectivity index (χ0n) is 39.1. The lowest BCUT2D eigenvalue weighted by Gasteiger charge is -2.18. The lowest BCUT2D eigenvalue weighted by Crippen LogP contribution is -2.30. The predicted octanol–water partition coefficient (Wildman–Crippen LogP) is 16.0. The average molecular weight is 845 g/mol. The third-order valence-electron chi connectivity index (χ3n) is 9.91. The fraction of sp³-hybridized carbons (Fsp3) is 0.618. The van der Waals surface area contributed by atoms with Gasteiger partial charge in [0.15, 0.2) is 6.10 Å². The molecule has 0 rings (SSSR count). The van der Waals surface area contributed by atoms with Gasteiger partial charge >= 0.3 is 17.9 Å². The maximum atomic E-state index is 12.7. The monoisotopic (exact) mass is 845 g/mol. The number of hydrogen-bond acceptors (Lipinski definition) is 6. The molecule has 0 fully saturated rings. The van der Waals surface area contributed by atoms with Crippen LogP contribution in [0.4, 0.5) is 0 Å². The number of rotatable bonds is 42. The molecule has 0 radical (unpaired) electrons. The minimum absolute atomic E-state index is 0.119. The predicted molar refractivity (Wildman–Crippen MR) is 260 cm³/mol. The zero-order chi connectivity index (χ0) is 44.4. The Kier molecular flexibility index (Phi) is 45.6. The number of hydrogen-bond donors (Lipinski definition) is 0. The van der Waals surface area contributed by atoms with E-state index in [4.69, 9.17) is 14.2 Å². The van der Waals surface area contributed by atoms with Crippen molar-refractivity contribution in [3.63, 3.8) is 0 Å². The molecule has 0 heterocycles. The van der Waals surface area contributed by atoms with Gasteiger partial charge in [-0.15, -0.1) is 0 Å². The second kappa shape index (κ2) is 48.7. The highest BCUT2D eigenvalue weighted by Crippen LogP contribution is 2.13. The van der Waals surface area contributed by atoms with E-state index in [0.29, 0.717) is 19.3 Å². The van der Waals surface area contributed by atoms with Gasteiger partial charge in [-0.2, -0.15) is 0 Å². The van der Waals surface area contributed by atoms with Crippen LogP contribution in [0.2, 0.25) is 0 Å². The number of carbonyl (C=O) groups excluding carboxylic acids is 3. The maximum Gasteiger partial charge on any atom is 0.306 e. The molecule has 61 heavy (non-hydrogen) atoms. The van der Waals surface area contributed by atoms with Gasteiger partial charge in [0.2, 0.25) is 0 Å². The first kappa shape index (κ1) is 57.1. The van der Waals surface area contributed by atoms with Crippen molar-refractivity contribution in [2.75, 3.05) is 13.2 Å². The van der Waals surface area contributed by atoms with Gasteiger partial charge in [0.1, 0.15) is 13.2 Å². The summed E-state index contributed by atoms with van der Waals surface area (Å²) in [5.74, 6) is -1.04. The third kappa shape index (κ3) is 47.0. The Balaban J connectivity index is 4.47. The van der Waals surface area contributed by atoms with E-state index < -0.39 is 12.1 Å². The number of unbranched alkanes of at least 4 members (excludes halogenated alkanes) is 19. The van der Waals surface area contributed by atoms with Gasteiger partial charge in [-0.1, -0.05) is 214 Å². The molecule has 0 aliphatic carbocycles. The first-order valence-electron chi connectivity index (χ1n) is 24.5. The Morgan fingerprint density at radius 1 is 0.344 bits per heavy atom. The Morgan fingerprint density at radius 3 is 1.13 bits per heavy atom. The van der Waals surface area contributed by atoms with Crippen molar-refractivity contribution < 1.29 is 28.6 Å². The molecule has 1 atom stereocenters. The SMILES string of the molecule is CC\C=C/C=C\C=C/C=C\C=C/CCCC(=O)OC(COC(=O)CCCCC/C=C\C=C/CCCC)COC(=O)CCCCCCCCCCCC/C=C\C=C/CCCCC. The Hall–Kier alpha value is -3.93. The molecule has 6 nitrogen and oxygen atoms in total. The highest BCUT2D eigenvalue weighted by Gasteiger charge is 2.19. The lowest BCUT2D eigenvalue weighted by atomic mass is 10.1.